The molecule has 0 aliphatic carbocycles. The molecule has 4 nitrogen and oxygen atoms in total. The minimum absolute atomic E-state index is 0.0251. The summed E-state index contributed by atoms with van der Waals surface area (Å²) in [5.41, 5.74) is 8.55. The van der Waals surface area contributed by atoms with Crippen LogP contribution in [0.25, 0.3) is 11.1 Å². The van der Waals surface area contributed by atoms with Crippen molar-refractivity contribution in [3.63, 3.8) is 0 Å². The van der Waals surface area contributed by atoms with E-state index in [1.54, 1.807) is 0 Å². The van der Waals surface area contributed by atoms with Crippen molar-refractivity contribution in [3.05, 3.63) is 119 Å². The highest BCUT2D eigenvalue weighted by molar-refractivity contribution is 6.10. The molecule has 0 aromatic heterocycles. The number of fused-ring (bicyclic) bond motifs is 3. The Hall–Kier alpha value is -4.18. The molecule has 0 atom stereocenters. The molecule has 0 bridgehead atoms. The fourth-order valence-corrected chi connectivity index (χ4v) is 4.64. The molecule has 4 aromatic rings. The number of hydrogen-bond acceptors (Lipinski definition) is 2. The van der Waals surface area contributed by atoms with Crippen LogP contribution in [0.3, 0.4) is 0 Å². The van der Waals surface area contributed by atoms with Crippen LogP contribution >= 0.6 is 0 Å². The zero-order valence-electron chi connectivity index (χ0n) is 19.3. The van der Waals surface area contributed by atoms with E-state index in [9.17, 15) is 9.59 Å². The lowest BCUT2D eigenvalue weighted by Gasteiger charge is -2.32. The molecule has 0 fully saturated rings. The number of nitrogens with zero attached hydrogens (tertiary/aromatic N) is 1. The van der Waals surface area contributed by atoms with Gasteiger partial charge in [-0.1, -0.05) is 66.7 Å². The number of rotatable bonds is 4. The van der Waals surface area contributed by atoms with Gasteiger partial charge in [-0.2, -0.15) is 0 Å². The van der Waals surface area contributed by atoms with Crippen LogP contribution in [0.2, 0.25) is 0 Å². The lowest BCUT2D eigenvalue weighted by molar-refractivity contribution is -0.115. The van der Waals surface area contributed by atoms with Crippen molar-refractivity contribution in [1.82, 2.24) is 0 Å². The van der Waals surface area contributed by atoms with Crippen molar-refractivity contribution in [2.24, 2.45) is 0 Å². The zero-order valence-corrected chi connectivity index (χ0v) is 19.3. The van der Waals surface area contributed by atoms with Gasteiger partial charge < -0.3 is 10.2 Å². The highest BCUT2D eigenvalue weighted by Crippen LogP contribution is 2.39. The third kappa shape index (κ3) is 3.99. The Kier molecular flexibility index (Phi) is 5.72. The van der Waals surface area contributed by atoms with Gasteiger partial charge in [-0.3, -0.25) is 9.59 Å². The Morgan fingerprint density at radius 2 is 1.44 bits per heavy atom. The lowest BCUT2D eigenvalue weighted by atomic mass is 9.91. The molecular weight excluding hydrogens is 420 g/mol. The van der Waals surface area contributed by atoms with Crippen LogP contribution in [-0.4, -0.2) is 11.8 Å². The highest BCUT2D eigenvalue weighted by Gasteiger charge is 2.28. The summed E-state index contributed by atoms with van der Waals surface area (Å²) in [6.45, 7) is 4.48. The number of anilines is 2. The molecule has 1 heterocycles. The summed E-state index contributed by atoms with van der Waals surface area (Å²) < 4.78 is 0. The minimum Gasteiger partial charge on any atom is -0.326 e. The summed E-state index contributed by atoms with van der Waals surface area (Å²) in [4.78, 5) is 28.2. The maximum atomic E-state index is 13.8. The van der Waals surface area contributed by atoms with Gasteiger partial charge in [-0.05, 0) is 65.9 Å². The first-order valence-electron chi connectivity index (χ1n) is 11.5. The average molecular weight is 447 g/mol. The monoisotopic (exact) mass is 446 g/mol. The topological polar surface area (TPSA) is 49.4 Å². The van der Waals surface area contributed by atoms with Crippen molar-refractivity contribution < 1.29 is 9.59 Å². The minimum atomic E-state index is -0.0747. The first-order valence-corrected chi connectivity index (χ1v) is 11.5. The van der Waals surface area contributed by atoms with E-state index in [1.807, 2.05) is 91.5 Å². The van der Waals surface area contributed by atoms with E-state index in [-0.39, 0.29) is 18.2 Å². The maximum Gasteiger partial charge on any atom is 0.258 e. The SMILES string of the molecule is Cc1c(CC(=O)Nc2ccccc2)ccc(C(=O)N2Cc3ccccc3-c3ccccc32)c1C. The number of benzene rings is 4. The molecule has 0 spiro atoms. The standard InChI is InChI=1S/C30H26N2O2/c1-20-21(2)25(17-16-22(20)18-29(33)31-24-11-4-3-5-12-24)30(34)32-19-23-10-6-7-13-26(23)27-14-8-9-15-28(27)32/h3-17H,18-19H2,1-2H3,(H,31,33). The van der Waals surface area contributed by atoms with Gasteiger partial charge in [0.15, 0.2) is 0 Å². The second kappa shape index (κ2) is 8.99. The summed E-state index contributed by atoms with van der Waals surface area (Å²) in [7, 11) is 0. The molecule has 4 aromatic carbocycles. The third-order valence-corrected chi connectivity index (χ3v) is 6.61. The van der Waals surface area contributed by atoms with Gasteiger partial charge in [0.2, 0.25) is 5.91 Å². The van der Waals surface area contributed by atoms with E-state index in [0.29, 0.717) is 12.1 Å². The van der Waals surface area contributed by atoms with E-state index in [1.165, 1.54) is 5.56 Å². The molecule has 1 aliphatic rings. The lowest BCUT2D eigenvalue weighted by Crippen LogP contribution is -2.33. The van der Waals surface area contributed by atoms with Crippen LogP contribution in [0, 0.1) is 13.8 Å². The van der Waals surface area contributed by atoms with Crippen LogP contribution in [0.5, 0.6) is 0 Å². The summed E-state index contributed by atoms with van der Waals surface area (Å²) in [5, 5.41) is 2.93. The first kappa shape index (κ1) is 21.7. The number of carbonyl (C=O) groups excluding carboxylic acids is 2. The predicted octanol–water partition coefficient (Wildman–Crippen LogP) is 6.31. The Balaban J connectivity index is 1.42. The molecule has 2 amide bonds. The van der Waals surface area contributed by atoms with Crippen LogP contribution in [0.15, 0.2) is 91.0 Å². The molecular formula is C30H26N2O2. The number of hydrogen-bond donors (Lipinski definition) is 1. The molecule has 168 valence electrons. The van der Waals surface area contributed by atoms with Crippen molar-refractivity contribution in [1.29, 1.82) is 0 Å². The zero-order chi connectivity index (χ0) is 23.7. The van der Waals surface area contributed by atoms with E-state index in [0.717, 1.165) is 39.2 Å². The number of carbonyl (C=O) groups is 2. The molecule has 34 heavy (non-hydrogen) atoms. The summed E-state index contributed by atoms with van der Waals surface area (Å²) in [6, 6.07) is 29.5. The molecule has 0 unspecified atom stereocenters. The van der Waals surface area contributed by atoms with Gasteiger partial charge in [-0.15, -0.1) is 0 Å². The quantitative estimate of drug-likeness (QED) is 0.399. The van der Waals surface area contributed by atoms with E-state index >= 15 is 0 Å². The molecule has 0 saturated heterocycles. The number of para-hydroxylation sites is 2. The van der Waals surface area contributed by atoms with Crippen LogP contribution in [0.1, 0.15) is 32.6 Å². The fraction of sp³-hybridized carbons (Fsp3) is 0.133. The molecule has 0 radical (unpaired) electrons. The van der Waals surface area contributed by atoms with Crippen LogP contribution < -0.4 is 10.2 Å². The van der Waals surface area contributed by atoms with Gasteiger partial charge in [-0.25, -0.2) is 0 Å². The normalized spacial score (nSPS) is 12.0. The summed E-state index contributed by atoms with van der Waals surface area (Å²) >= 11 is 0. The van der Waals surface area contributed by atoms with Crippen molar-refractivity contribution in [2.45, 2.75) is 26.8 Å². The molecule has 0 saturated carbocycles. The maximum absolute atomic E-state index is 13.8. The second-order valence-electron chi connectivity index (χ2n) is 8.68. The Morgan fingerprint density at radius 1 is 0.765 bits per heavy atom. The van der Waals surface area contributed by atoms with Gasteiger partial charge in [0, 0.05) is 16.8 Å². The smallest absolute Gasteiger partial charge is 0.258 e. The van der Waals surface area contributed by atoms with Gasteiger partial charge in [0.25, 0.3) is 5.91 Å². The Morgan fingerprint density at radius 3 is 2.24 bits per heavy atom. The molecule has 5 rings (SSSR count). The Bertz CT molecular complexity index is 1390. The predicted molar refractivity (Wildman–Crippen MR) is 137 cm³/mol. The van der Waals surface area contributed by atoms with E-state index < -0.39 is 0 Å². The molecule has 4 heteroatoms. The second-order valence-corrected chi connectivity index (χ2v) is 8.68. The number of nitrogens with one attached hydrogen (secondary N) is 1. The average Bonchev–Trinajstić information content (AvgIpc) is 2.86. The van der Waals surface area contributed by atoms with Crippen molar-refractivity contribution in [3.8, 4) is 11.1 Å². The van der Waals surface area contributed by atoms with Crippen molar-refractivity contribution in [2.75, 3.05) is 10.2 Å². The fourth-order valence-electron chi connectivity index (χ4n) is 4.64. The molecule has 1 aliphatic heterocycles. The van der Waals surface area contributed by atoms with E-state index in [2.05, 4.69) is 23.5 Å². The van der Waals surface area contributed by atoms with Crippen LogP contribution in [-0.2, 0) is 17.8 Å². The van der Waals surface area contributed by atoms with Gasteiger partial charge in [0.1, 0.15) is 0 Å². The van der Waals surface area contributed by atoms with Crippen molar-refractivity contribution >= 4 is 23.2 Å². The van der Waals surface area contributed by atoms with Gasteiger partial charge >= 0.3 is 0 Å². The largest absolute Gasteiger partial charge is 0.326 e. The van der Waals surface area contributed by atoms with Gasteiger partial charge in [0.05, 0.1) is 18.7 Å². The third-order valence-electron chi connectivity index (χ3n) is 6.61. The number of amides is 2. The Labute approximate surface area is 199 Å². The van der Waals surface area contributed by atoms with E-state index in [4.69, 9.17) is 0 Å². The van der Waals surface area contributed by atoms with Crippen LogP contribution in [0.4, 0.5) is 11.4 Å². The summed E-state index contributed by atoms with van der Waals surface area (Å²) in [5.74, 6) is -0.0998. The summed E-state index contributed by atoms with van der Waals surface area (Å²) in [6.07, 6.45) is 0.260. The highest BCUT2D eigenvalue weighted by atomic mass is 16.2. The molecule has 1 N–H and O–H groups in total. The first-order chi connectivity index (χ1) is 16.5.